The van der Waals surface area contributed by atoms with Gasteiger partial charge in [0.2, 0.25) is 0 Å². The Balaban J connectivity index is 1.53. The molecule has 0 spiro atoms. The molecule has 4 unspecified atom stereocenters. The summed E-state index contributed by atoms with van der Waals surface area (Å²) in [6.45, 7) is 4.55. The SMILES string of the molecule is CC(O)C(=O)N(CC1CNCC1F)C(c1nc(-c2cc(F)ccc2F)cn1Cc1ccccc1)C(C)(C)COC(=O)NCCN1C(=O)C=CC1=O. The van der Waals surface area contributed by atoms with Crippen LogP contribution in [-0.4, -0.2) is 99.9 Å². The van der Waals surface area contributed by atoms with Gasteiger partial charge in [-0.3, -0.25) is 19.3 Å². The Hall–Kier alpha value is -5.02. The Bertz CT molecular complexity index is 1760. The number of rotatable bonds is 14. The van der Waals surface area contributed by atoms with E-state index in [1.54, 1.807) is 18.4 Å². The Morgan fingerprint density at radius 2 is 1.82 bits per heavy atom. The monoisotopic (exact) mass is 710 g/mol. The molecule has 0 radical (unpaired) electrons. The van der Waals surface area contributed by atoms with E-state index in [0.717, 1.165) is 40.8 Å². The maximum Gasteiger partial charge on any atom is 0.407 e. The van der Waals surface area contributed by atoms with Crippen LogP contribution in [0.1, 0.15) is 38.2 Å². The van der Waals surface area contributed by atoms with Crippen LogP contribution in [0.5, 0.6) is 0 Å². The molecule has 1 saturated heterocycles. The van der Waals surface area contributed by atoms with E-state index in [2.05, 4.69) is 10.6 Å². The lowest BCUT2D eigenvalue weighted by Crippen LogP contribution is -2.51. The zero-order chi connectivity index (χ0) is 36.9. The molecule has 0 bridgehead atoms. The van der Waals surface area contributed by atoms with Gasteiger partial charge in [0.1, 0.15) is 36.3 Å². The Kier molecular flexibility index (Phi) is 11.6. The smallest absolute Gasteiger partial charge is 0.407 e. The first-order valence-electron chi connectivity index (χ1n) is 16.6. The van der Waals surface area contributed by atoms with Crippen molar-refractivity contribution < 1.29 is 42.2 Å². The molecule has 4 atom stereocenters. The fourth-order valence-corrected chi connectivity index (χ4v) is 6.29. The number of imidazole rings is 1. The van der Waals surface area contributed by atoms with Gasteiger partial charge in [0.25, 0.3) is 17.7 Å². The van der Waals surface area contributed by atoms with Gasteiger partial charge in [0, 0.05) is 74.5 Å². The second kappa shape index (κ2) is 15.9. The molecule has 15 heteroatoms. The summed E-state index contributed by atoms with van der Waals surface area (Å²) >= 11 is 0. The van der Waals surface area contributed by atoms with Crippen molar-refractivity contribution in [3.63, 3.8) is 0 Å². The zero-order valence-corrected chi connectivity index (χ0v) is 28.5. The van der Waals surface area contributed by atoms with Crippen molar-refractivity contribution >= 4 is 23.8 Å². The number of ether oxygens (including phenoxy) is 1. The zero-order valence-electron chi connectivity index (χ0n) is 28.5. The van der Waals surface area contributed by atoms with Crippen LogP contribution in [0.25, 0.3) is 11.3 Å². The van der Waals surface area contributed by atoms with Crippen molar-refractivity contribution in [1.82, 2.24) is 30.0 Å². The van der Waals surface area contributed by atoms with Gasteiger partial charge in [-0.2, -0.15) is 0 Å². The molecule has 1 fully saturated rings. The van der Waals surface area contributed by atoms with E-state index in [9.17, 15) is 28.7 Å². The van der Waals surface area contributed by atoms with Crippen LogP contribution in [0.15, 0.2) is 66.9 Å². The van der Waals surface area contributed by atoms with Crippen LogP contribution in [0, 0.1) is 23.0 Å². The van der Waals surface area contributed by atoms with Crippen LogP contribution in [-0.2, 0) is 25.7 Å². The number of imide groups is 1. The number of benzene rings is 2. The number of hydrogen-bond donors (Lipinski definition) is 3. The Morgan fingerprint density at radius 1 is 1.12 bits per heavy atom. The molecule has 3 heterocycles. The van der Waals surface area contributed by atoms with Gasteiger partial charge in [-0.15, -0.1) is 0 Å². The van der Waals surface area contributed by atoms with Crippen molar-refractivity contribution in [2.75, 3.05) is 39.3 Å². The highest BCUT2D eigenvalue weighted by atomic mass is 19.1. The first-order valence-corrected chi connectivity index (χ1v) is 16.6. The average Bonchev–Trinajstić information content (AvgIpc) is 3.79. The van der Waals surface area contributed by atoms with Gasteiger partial charge in [-0.05, 0) is 30.7 Å². The summed E-state index contributed by atoms with van der Waals surface area (Å²) in [5.74, 6) is -3.62. The molecule has 0 saturated carbocycles. The maximum atomic E-state index is 15.1. The quantitative estimate of drug-likeness (QED) is 0.216. The normalized spacial score (nSPS) is 18.6. The molecule has 12 nitrogen and oxygen atoms in total. The predicted molar refractivity (Wildman–Crippen MR) is 180 cm³/mol. The van der Waals surface area contributed by atoms with Gasteiger partial charge in [0.05, 0.1) is 11.7 Å². The highest BCUT2D eigenvalue weighted by Gasteiger charge is 2.45. The lowest BCUT2D eigenvalue weighted by molar-refractivity contribution is -0.147. The maximum absolute atomic E-state index is 15.1. The molecule has 272 valence electrons. The third-order valence-corrected chi connectivity index (χ3v) is 8.91. The van der Waals surface area contributed by atoms with E-state index < -0.39 is 65.1 Å². The van der Waals surface area contributed by atoms with E-state index in [1.165, 1.54) is 18.0 Å². The number of aliphatic hydroxyl groups excluding tert-OH is 1. The molecule has 2 aliphatic rings. The van der Waals surface area contributed by atoms with Crippen molar-refractivity contribution in [1.29, 1.82) is 0 Å². The van der Waals surface area contributed by atoms with Crippen LogP contribution < -0.4 is 10.6 Å². The highest BCUT2D eigenvalue weighted by Crippen LogP contribution is 2.41. The summed E-state index contributed by atoms with van der Waals surface area (Å²) in [7, 11) is 0. The lowest BCUT2D eigenvalue weighted by Gasteiger charge is -2.43. The van der Waals surface area contributed by atoms with Crippen LogP contribution in [0.4, 0.5) is 18.0 Å². The minimum absolute atomic E-state index is 0.0632. The minimum Gasteiger partial charge on any atom is -0.449 e. The fourth-order valence-electron chi connectivity index (χ4n) is 6.29. The molecule has 0 aliphatic carbocycles. The van der Waals surface area contributed by atoms with E-state index in [0.29, 0.717) is 0 Å². The van der Waals surface area contributed by atoms with Crippen molar-refractivity contribution in [3.8, 4) is 11.3 Å². The van der Waals surface area contributed by atoms with Gasteiger partial charge < -0.3 is 29.9 Å². The summed E-state index contributed by atoms with van der Waals surface area (Å²) < 4.78 is 51.9. The summed E-state index contributed by atoms with van der Waals surface area (Å²) in [6.07, 6.45) is 0.111. The predicted octanol–water partition coefficient (Wildman–Crippen LogP) is 3.36. The number of carbonyl (C=O) groups excluding carboxylic acids is 4. The summed E-state index contributed by atoms with van der Waals surface area (Å²) in [5, 5.41) is 16.1. The number of alkyl halides is 1. The average molecular weight is 711 g/mol. The largest absolute Gasteiger partial charge is 0.449 e. The van der Waals surface area contributed by atoms with Gasteiger partial charge >= 0.3 is 6.09 Å². The number of alkyl carbamates (subject to hydrolysis) is 1. The van der Waals surface area contributed by atoms with Crippen LogP contribution in [0.2, 0.25) is 0 Å². The molecule has 4 amide bonds. The molecular weight excluding hydrogens is 669 g/mol. The molecule has 2 aromatic carbocycles. The molecule has 1 aromatic heterocycles. The summed E-state index contributed by atoms with van der Waals surface area (Å²) in [4.78, 5) is 57.6. The number of aromatic nitrogens is 2. The van der Waals surface area contributed by atoms with Crippen LogP contribution >= 0.6 is 0 Å². The molecule has 3 N–H and O–H groups in total. The molecule has 2 aliphatic heterocycles. The molecule has 3 aromatic rings. The second-order valence-corrected chi connectivity index (χ2v) is 13.4. The first-order chi connectivity index (χ1) is 24.2. The highest BCUT2D eigenvalue weighted by molar-refractivity contribution is 6.12. The van der Waals surface area contributed by atoms with Gasteiger partial charge in [-0.1, -0.05) is 44.2 Å². The van der Waals surface area contributed by atoms with E-state index in [-0.39, 0.29) is 63.0 Å². The van der Waals surface area contributed by atoms with Crippen LogP contribution in [0.3, 0.4) is 0 Å². The number of carbonyl (C=O) groups is 4. The third kappa shape index (κ3) is 8.83. The van der Waals surface area contributed by atoms with E-state index in [4.69, 9.17) is 9.72 Å². The van der Waals surface area contributed by atoms with E-state index >= 15 is 8.78 Å². The molecule has 5 rings (SSSR count). The molecular formula is C36H41F3N6O6. The number of hydrogen-bond acceptors (Lipinski definition) is 8. The van der Waals surface area contributed by atoms with Crippen molar-refractivity contribution in [3.05, 3.63) is 89.9 Å². The first kappa shape index (κ1) is 37.2. The number of amides is 4. The fraction of sp³-hybridized carbons (Fsp3) is 0.417. The topological polar surface area (TPSA) is 146 Å². The lowest BCUT2D eigenvalue weighted by atomic mass is 9.82. The third-order valence-electron chi connectivity index (χ3n) is 8.91. The van der Waals surface area contributed by atoms with E-state index in [1.807, 2.05) is 30.3 Å². The summed E-state index contributed by atoms with van der Waals surface area (Å²) in [6, 6.07) is 11.1. The standard InChI is InChI=1S/C36H41F3N6O6/c1-22(46)34(49)45(19-24-16-40-17-28(24)39)32(36(2,3)21-51-35(50)41-13-14-44-30(47)11-12-31(44)48)33-42-29(26-15-25(37)9-10-27(26)38)20-43(33)18-23-7-5-4-6-8-23/h4-12,15,20,22,24,28,32,40,46H,13-14,16-19,21H2,1-3H3,(H,41,50). The number of halogens is 3. The second-order valence-electron chi connectivity index (χ2n) is 13.4. The Morgan fingerprint density at radius 3 is 2.47 bits per heavy atom. The number of aliphatic hydroxyl groups is 1. The van der Waals surface area contributed by atoms with Gasteiger partial charge in [0.15, 0.2) is 0 Å². The number of nitrogens with zero attached hydrogens (tertiary/aromatic N) is 4. The minimum atomic E-state index is -1.51. The van der Waals surface area contributed by atoms with Crippen molar-refractivity contribution in [2.24, 2.45) is 11.3 Å². The Labute approximate surface area is 293 Å². The number of nitrogens with one attached hydrogen (secondary N) is 2. The van der Waals surface area contributed by atoms with Gasteiger partial charge in [-0.25, -0.2) is 22.9 Å². The van der Waals surface area contributed by atoms with Crippen molar-refractivity contribution in [2.45, 2.75) is 45.6 Å². The summed E-state index contributed by atoms with van der Waals surface area (Å²) in [5.41, 5.74) is -0.454. The molecule has 51 heavy (non-hydrogen) atoms.